The second kappa shape index (κ2) is 8.95. The van der Waals surface area contributed by atoms with Gasteiger partial charge in [0.25, 0.3) is 5.69 Å². The number of hydrogen-bond donors (Lipinski definition) is 0. The molecular weight excluding hydrogens is 350 g/mol. The highest BCUT2D eigenvalue weighted by Crippen LogP contribution is 2.24. The molecule has 5 heteroatoms. The predicted octanol–water partition coefficient (Wildman–Crippen LogP) is 5.68. The number of anilines is 1. The van der Waals surface area contributed by atoms with Crippen LogP contribution in [0.25, 0.3) is 0 Å². The van der Waals surface area contributed by atoms with Gasteiger partial charge in [-0.2, -0.15) is 0 Å². The predicted molar refractivity (Wildman–Crippen MR) is 115 cm³/mol. The third-order valence-electron chi connectivity index (χ3n) is 4.61. The molecule has 3 aromatic carbocycles. The summed E-state index contributed by atoms with van der Waals surface area (Å²) < 4.78 is 0. The molecule has 0 saturated carbocycles. The number of aliphatic imine (C=N–C) groups is 1. The Bertz CT molecular complexity index is 967. The van der Waals surface area contributed by atoms with Crippen molar-refractivity contribution < 1.29 is 4.92 Å². The Morgan fingerprint density at radius 3 is 2.39 bits per heavy atom. The summed E-state index contributed by atoms with van der Waals surface area (Å²) in [6.07, 6.45) is 1.73. The summed E-state index contributed by atoms with van der Waals surface area (Å²) in [5.74, 6) is 0. The zero-order valence-corrected chi connectivity index (χ0v) is 16.1. The van der Waals surface area contributed by atoms with Gasteiger partial charge < -0.3 is 4.90 Å². The Morgan fingerprint density at radius 1 is 1.04 bits per heavy atom. The van der Waals surface area contributed by atoms with Crippen LogP contribution in [0.5, 0.6) is 0 Å². The van der Waals surface area contributed by atoms with Crippen LogP contribution in [-0.4, -0.2) is 17.7 Å². The van der Waals surface area contributed by atoms with Crippen LogP contribution in [0.15, 0.2) is 77.8 Å². The number of nitrogens with zero attached hydrogens (tertiary/aromatic N) is 3. The molecule has 0 unspecified atom stereocenters. The first-order valence-corrected chi connectivity index (χ1v) is 9.25. The third-order valence-corrected chi connectivity index (χ3v) is 4.61. The van der Waals surface area contributed by atoms with Crippen molar-refractivity contribution in [3.05, 3.63) is 99.6 Å². The lowest BCUT2D eigenvalue weighted by molar-refractivity contribution is -0.385. The lowest BCUT2D eigenvalue weighted by atomic mass is 10.1. The van der Waals surface area contributed by atoms with Gasteiger partial charge in [-0.3, -0.25) is 15.1 Å². The first-order chi connectivity index (χ1) is 13.6. The number of nitro benzene ring substituents is 1. The normalized spacial score (nSPS) is 10.9. The fraction of sp³-hybridized carbons (Fsp3) is 0.174. The molecule has 3 rings (SSSR count). The van der Waals surface area contributed by atoms with Crippen LogP contribution in [-0.2, 0) is 6.54 Å². The van der Waals surface area contributed by atoms with Crippen molar-refractivity contribution in [1.82, 2.24) is 0 Å². The summed E-state index contributed by atoms with van der Waals surface area (Å²) in [4.78, 5) is 17.4. The molecule has 0 aromatic heterocycles. The fourth-order valence-electron chi connectivity index (χ4n) is 2.98. The lowest BCUT2D eigenvalue weighted by Gasteiger charge is -2.23. The second-order valence-electron chi connectivity index (χ2n) is 6.58. The monoisotopic (exact) mass is 373 g/mol. The van der Waals surface area contributed by atoms with Gasteiger partial charge in [-0.15, -0.1) is 0 Å². The van der Waals surface area contributed by atoms with Gasteiger partial charge in [0.1, 0.15) is 0 Å². The van der Waals surface area contributed by atoms with Crippen molar-refractivity contribution in [2.45, 2.75) is 20.4 Å². The van der Waals surface area contributed by atoms with E-state index in [1.807, 2.05) is 18.2 Å². The molecule has 0 fully saturated rings. The molecule has 28 heavy (non-hydrogen) atoms. The highest BCUT2D eigenvalue weighted by Gasteiger charge is 2.10. The van der Waals surface area contributed by atoms with Crippen molar-refractivity contribution in [2.24, 2.45) is 4.99 Å². The van der Waals surface area contributed by atoms with Gasteiger partial charge in [0.2, 0.25) is 0 Å². The first kappa shape index (κ1) is 19.3. The van der Waals surface area contributed by atoms with Crippen molar-refractivity contribution in [3.8, 4) is 0 Å². The van der Waals surface area contributed by atoms with Gasteiger partial charge in [-0.05, 0) is 43.2 Å². The molecule has 0 spiro atoms. The van der Waals surface area contributed by atoms with Crippen LogP contribution in [0.3, 0.4) is 0 Å². The highest BCUT2D eigenvalue weighted by molar-refractivity contribution is 5.82. The Morgan fingerprint density at radius 2 is 1.75 bits per heavy atom. The zero-order chi connectivity index (χ0) is 19.9. The average Bonchev–Trinajstić information content (AvgIpc) is 2.72. The SMILES string of the molecule is CCN(Cc1ccccc1)c1ccc(C=Nc2ccc(C)c([N+](=O)[O-])c2)cc1. The van der Waals surface area contributed by atoms with Gasteiger partial charge in [0.15, 0.2) is 0 Å². The van der Waals surface area contributed by atoms with Crippen LogP contribution in [0.2, 0.25) is 0 Å². The van der Waals surface area contributed by atoms with Crippen molar-refractivity contribution in [3.63, 3.8) is 0 Å². The maximum Gasteiger partial charge on any atom is 0.274 e. The highest BCUT2D eigenvalue weighted by atomic mass is 16.6. The molecule has 0 aliphatic carbocycles. The van der Waals surface area contributed by atoms with E-state index >= 15 is 0 Å². The topological polar surface area (TPSA) is 58.7 Å². The lowest BCUT2D eigenvalue weighted by Crippen LogP contribution is -2.21. The van der Waals surface area contributed by atoms with Crippen LogP contribution >= 0.6 is 0 Å². The van der Waals surface area contributed by atoms with E-state index < -0.39 is 0 Å². The van der Waals surface area contributed by atoms with Crippen molar-refractivity contribution >= 4 is 23.3 Å². The minimum absolute atomic E-state index is 0.0875. The molecule has 142 valence electrons. The molecular formula is C23H23N3O2. The number of rotatable bonds is 7. The van der Waals surface area contributed by atoms with Crippen LogP contribution in [0.1, 0.15) is 23.6 Å². The Labute approximate surface area is 165 Å². The van der Waals surface area contributed by atoms with Crippen LogP contribution < -0.4 is 4.90 Å². The fourth-order valence-corrected chi connectivity index (χ4v) is 2.98. The van der Waals surface area contributed by atoms with Crippen molar-refractivity contribution in [2.75, 3.05) is 11.4 Å². The summed E-state index contributed by atoms with van der Waals surface area (Å²) >= 11 is 0. The quantitative estimate of drug-likeness (QED) is 0.304. The Kier molecular flexibility index (Phi) is 6.17. The summed E-state index contributed by atoms with van der Waals surface area (Å²) in [7, 11) is 0. The zero-order valence-electron chi connectivity index (χ0n) is 16.1. The van der Waals surface area contributed by atoms with E-state index in [4.69, 9.17) is 0 Å². The van der Waals surface area contributed by atoms with Gasteiger partial charge in [0.05, 0.1) is 10.6 Å². The van der Waals surface area contributed by atoms with E-state index in [-0.39, 0.29) is 10.6 Å². The van der Waals surface area contributed by atoms with Crippen LogP contribution in [0, 0.1) is 17.0 Å². The second-order valence-corrected chi connectivity index (χ2v) is 6.58. The van der Waals surface area contributed by atoms with Gasteiger partial charge >= 0.3 is 0 Å². The van der Waals surface area contributed by atoms with E-state index in [0.29, 0.717) is 11.3 Å². The van der Waals surface area contributed by atoms with E-state index in [1.54, 1.807) is 25.3 Å². The maximum atomic E-state index is 11.1. The van der Waals surface area contributed by atoms with E-state index in [9.17, 15) is 10.1 Å². The molecule has 0 N–H and O–H groups in total. The molecule has 0 atom stereocenters. The largest absolute Gasteiger partial charge is 0.367 e. The molecule has 0 saturated heterocycles. The first-order valence-electron chi connectivity index (χ1n) is 9.25. The number of nitro groups is 1. The summed E-state index contributed by atoms with van der Waals surface area (Å²) in [6, 6.07) is 23.6. The molecule has 0 aliphatic rings. The van der Waals surface area contributed by atoms with Crippen molar-refractivity contribution in [1.29, 1.82) is 0 Å². The Balaban J connectivity index is 1.72. The summed E-state index contributed by atoms with van der Waals surface area (Å²) in [5, 5.41) is 11.1. The number of benzene rings is 3. The smallest absolute Gasteiger partial charge is 0.274 e. The standard InChI is InChI=1S/C23H23N3O2/c1-3-25(17-20-7-5-4-6-8-20)22-13-10-19(11-14-22)16-24-21-12-9-18(2)23(15-21)26(27)28/h4-16H,3,17H2,1-2H3. The average molecular weight is 373 g/mol. The van der Waals surface area contributed by atoms with Gasteiger partial charge in [-0.1, -0.05) is 48.5 Å². The molecule has 3 aromatic rings. The minimum Gasteiger partial charge on any atom is -0.367 e. The molecule has 0 radical (unpaired) electrons. The van der Waals surface area contributed by atoms with E-state index in [0.717, 1.165) is 24.3 Å². The molecule has 0 amide bonds. The maximum absolute atomic E-state index is 11.1. The molecule has 0 heterocycles. The van der Waals surface area contributed by atoms with Gasteiger partial charge in [0, 0.05) is 36.6 Å². The molecule has 5 nitrogen and oxygen atoms in total. The third kappa shape index (κ3) is 4.82. The number of aryl methyl sites for hydroxylation is 1. The van der Waals surface area contributed by atoms with E-state index in [1.165, 1.54) is 11.6 Å². The van der Waals surface area contributed by atoms with Crippen LogP contribution in [0.4, 0.5) is 17.1 Å². The summed E-state index contributed by atoms with van der Waals surface area (Å²) in [6.45, 7) is 5.63. The van der Waals surface area contributed by atoms with Gasteiger partial charge in [-0.25, -0.2) is 0 Å². The van der Waals surface area contributed by atoms with E-state index in [2.05, 4.69) is 53.2 Å². The molecule has 0 bridgehead atoms. The molecule has 0 aliphatic heterocycles. The summed E-state index contributed by atoms with van der Waals surface area (Å²) in [5.41, 5.74) is 4.66. The Hall–Kier alpha value is -3.47. The minimum atomic E-state index is -0.380. The number of hydrogen-bond acceptors (Lipinski definition) is 4.